The van der Waals surface area contributed by atoms with E-state index in [1.54, 1.807) is 0 Å². The van der Waals surface area contributed by atoms with Gasteiger partial charge in [0, 0.05) is 6.54 Å². The Hall–Kier alpha value is -1.18. The Morgan fingerprint density at radius 1 is 1.12 bits per heavy atom. The molecule has 0 aliphatic heterocycles. The van der Waals surface area contributed by atoms with Crippen molar-refractivity contribution in [3.8, 4) is 5.75 Å². The Morgan fingerprint density at radius 2 is 1.94 bits per heavy atom. The Labute approximate surface area is 105 Å². The third-order valence-electron chi connectivity index (χ3n) is 2.69. The third-order valence-corrected chi connectivity index (χ3v) is 2.69. The van der Waals surface area contributed by atoms with Crippen molar-refractivity contribution in [1.82, 2.24) is 0 Å². The summed E-state index contributed by atoms with van der Waals surface area (Å²) in [5.41, 5.74) is 2.37. The Morgan fingerprint density at radius 3 is 2.65 bits per heavy atom. The number of anilines is 1. The molecule has 0 spiro atoms. The van der Waals surface area contributed by atoms with E-state index in [0.29, 0.717) is 0 Å². The van der Waals surface area contributed by atoms with E-state index >= 15 is 0 Å². The summed E-state index contributed by atoms with van der Waals surface area (Å²) in [5.74, 6) is 0.989. The highest BCUT2D eigenvalue weighted by Gasteiger charge is 2.03. The fourth-order valence-electron chi connectivity index (χ4n) is 1.71. The number of ether oxygens (including phenoxy) is 1. The molecule has 0 amide bonds. The summed E-state index contributed by atoms with van der Waals surface area (Å²) < 4.78 is 5.76. The van der Waals surface area contributed by atoms with Crippen molar-refractivity contribution in [1.29, 1.82) is 0 Å². The molecule has 0 bridgehead atoms. The second-order valence-electron chi connectivity index (χ2n) is 4.48. The normalized spacial score (nSPS) is 10.3. The van der Waals surface area contributed by atoms with Crippen LogP contribution in [0.2, 0.25) is 0 Å². The van der Waals surface area contributed by atoms with E-state index in [-0.39, 0.29) is 0 Å². The fourth-order valence-corrected chi connectivity index (χ4v) is 1.71. The van der Waals surface area contributed by atoms with Crippen LogP contribution in [0.5, 0.6) is 5.75 Å². The number of nitrogens with one attached hydrogen (secondary N) is 1. The van der Waals surface area contributed by atoms with E-state index in [9.17, 15) is 0 Å². The molecule has 0 fully saturated rings. The van der Waals surface area contributed by atoms with Crippen LogP contribution in [0.4, 0.5) is 5.69 Å². The van der Waals surface area contributed by atoms with Crippen molar-refractivity contribution in [2.45, 2.75) is 46.5 Å². The SMILES string of the molecule is CCCCCNc1ccc(C)cc1OCCC. The van der Waals surface area contributed by atoms with Gasteiger partial charge in [-0.25, -0.2) is 0 Å². The van der Waals surface area contributed by atoms with Crippen LogP contribution in [-0.2, 0) is 0 Å². The molecule has 2 nitrogen and oxygen atoms in total. The number of hydrogen-bond donors (Lipinski definition) is 1. The van der Waals surface area contributed by atoms with Gasteiger partial charge in [-0.05, 0) is 37.5 Å². The first-order chi connectivity index (χ1) is 8.27. The monoisotopic (exact) mass is 235 g/mol. The molecule has 0 atom stereocenters. The molecule has 17 heavy (non-hydrogen) atoms. The van der Waals surface area contributed by atoms with Crippen LogP contribution in [0.15, 0.2) is 18.2 Å². The summed E-state index contributed by atoms with van der Waals surface area (Å²) in [6.45, 7) is 8.26. The second-order valence-corrected chi connectivity index (χ2v) is 4.48. The molecule has 0 aromatic heterocycles. The molecule has 0 saturated heterocycles. The zero-order valence-electron chi connectivity index (χ0n) is 11.4. The maximum Gasteiger partial charge on any atom is 0.142 e. The van der Waals surface area contributed by atoms with Crippen LogP contribution < -0.4 is 10.1 Å². The lowest BCUT2D eigenvalue weighted by atomic mass is 10.2. The minimum absolute atomic E-state index is 0.785. The zero-order chi connectivity index (χ0) is 12.5. The molecule has 0 saturated carbocycles. The molecule has 1 rings (SSSR count). The molecule has 1 N–H and O–H groups in total. The molecule has 0 heterocycles. The lowest BCUT2D eigenvalue weighted by Gasteiger charge is -2.13. The van der Waals surface area contributed by atoms with Gasteiger partial charge in [-0.3, -0.25) is 0 Å². The summed E-state index contributed by atoms with van der Waals surface area (Å²) in [4.78, 5) is 0. The van der Waals surface area contributed by atoms with Crippen molar-refractivity contribution >= 4 is 5.69 Å². The standard InChI is InChI=1S/C15H25NO/c1-4-6-7-10-16-14-9-8-13(3)12-15(14)17-11-5-2/h8-9,12,16H,4-7,10-11H2,1-3H3. The van der Waals surface area contributed by atoms with Gasteiger partial charge in [-0.1, -0.05) is 32.8 Å². The van der Waals surface area contributed by atoms with E-state index in [1.807, 2.05) is 0 Å². The summed E-state index contributed by atoms with van der Waals surface area (Å²) in [7, 11) is 0. The molecule has 0 aliphatic carbocycles. The Kier molecular flexibility index (Phi) is 6.53. The van der Waals surface area contributed by atoms with Gasteiger partial charge in [0.2, 0.25) is 0 Å². The molecule has 1 aromatic carbocycles. The predicted molar refractivity (Wildman–Crippen MR) is 75.0 cm³/mol. The predicted octanol–water partition coefficient (Wildman–Crippen LogP) is 4.39. The fraction of sp³-hybridized carbons (Fsp3) is 0.600. The quantitative estimate of drug-likeness (QED) is 0.675. The highest BCUT2D eigenvalue weighted by Crippen LogP contribution is 2.25. The maximum atomic E-state index is 5.76. The smallest absolute Gasteiger partial charge is 0.142 e. The average Bonchev–Trinajstić information content (AvgIpc) is 2.34. The molecule has 0 radical (unpaired) electrons. The number of unbranched alkanes of at least 4 members (excludes halogenated alkanes) is 2. The van der Waals surface area contributed by atoms with E-state index < -0.39 is 0 Å². The first kappa shape index (κ1) is 13.9. The van der Waals surface area contributed by atoms with Gasteiger partial charge in [0.25, 0.3) is 0 Å². The van der Waals surface area contributed by atoms with Gasteiger partial charge in [-0.2, -0.15) is 0 Å². The van der Waals surface area contributed by atoms with Crippen molar-refractivity contribution in [3.05, 3.63) is 23.8 Å². The first-order valence-corrected chi connectivity index (χ1v) is 6.75. The number of benzene rings is 1. The van der Waals surface area contributed by atoms with Crippen molar-refractivity contribution in [3.63, 3.8) is 0 Å². The van der Waals surface area contributed by atoms with Gasteiger partial charge in [-0.15, -0.1) is 0 Å². The Bertz CT molecular complexity index is 323. The summed E-state index contributed by atoms with van der Waals surface area (Å²) >= 11 is 0. The van der Waals surface area contributed by atoms with Crippen LogP contribution in [-0.4, -0.2) is 13.2 Å². The molecular formula is C15H25NO. The molecule has 0 unspecified atom stereocenters. The maximum absolute atomic E-state index is 5.76. The van der Waals surface area contributed by atoms with E-state index in [2.05, 4.69) is 44.3 Å². The van der Waals surface area contributed by atoms with Gasteiger partial charge in [0.1, 0.15) is 5.75 Å². The Balaban J connectivity index is 2.55. The average molecular weight is 235 g/mol. The van der Waals surface area contributed by atoms with Crippen molar-refractivity contribution in [2.24, 2.45) is 0 Å². The van der Waals surface area contributed by atoms with Crippen LogP contribution >= 0.6 is 0 Å². The minimum Gasteiger partial charge on any atom is -0.491 e. The molecule has 0 aliphatic rings. The minimum atomic E-state index is 0.785. The van der Waals surface area contributed by atoms with Crippen molar-refractivity contribution in [2.75, 3.05) is 18.5 Å². The van der Waals surface area contributed by atoms with Gasteiger partial charge in [0.15, 0.2) is 0 Å². The highest BCUT2D eigenvalue weighted by atomic mass is 16.5. The van der Waals surface area contributed by atoms with Crippen LogP contribution in [0, 0.1) is 6.92 Å². The van der Waals surface area contributed by atoms with E-state index in [4.69, 9.17) is 4.74 Å². The molecule has 2 heteroatoms. The van der Waals surface area contributed by atoms with Gasteiger partial charge in [0.05, 0.1) is 12.3 Å². The summed E-state index contributed by atoms with van der Waals surface area (Å²) in [6.07, 6.45) is 4.81. The third kappa shape index (κ3) is 5.12. The largest absolute Gasteiger partial charge is 0.491 e. The summed E-state index contributed by atoms with van der Waals surface area (Å²) in [6, 6.07) is 6.35. The molecule has 96 valence electrons. The number of aryl methyl sites for hydroxylation is 1. The van der Waals surface area contributed by atoms with Gasteiger partial charge < -0.3 is 10.1 Å². The number of hydrogen-bond acceptors (Lipinski definition) is 2. The van der Waals surface area contributed by atoms with E-state index in [0.717, 1.165) is 31.0 Å². The van der Waals surface area contributed by atoms with Crippen LogP contribution in [0.1, 0.15) is 45.1 Å². The number of rotatable bonds is 8. The lowest BCUT2D eigenvalue weighted by molar-refractivity contribution is 0.318. The topological polar surface area (TPSA) is 21.3 Å². The van der Waals surface area contributed by atoms with E-state index in [1.165, 1.54) is 24.8 Å². The van der Waals surface area contributed by atoms with Crippen LogP contribution in [0.25, 0.3) is 0 Å². The van der Waals surface area contributed by atoms with Crippen LogP contribution in [0.3, 0.4) is 0 Å². The first-order valence-electron chi connectivity index (χ1n) is 6.75. The zero-order valence-corrected chi connectivity index (χ0v) is 11.4. The highest BCUT2D eigenvalue weighted by molar-refractivity contribution is 5.57. The molecule has 1 aromatic rings. The lowest BCUT2D eigenvalue weighted by Crippen LogP contribution is -2.05. The second kappa shape index (κ2) is 7.99. The van der Waals surface area contributed by atoms with Gasteiger partial charge >= 0.3 is 0 Å². The summed E-state index contributed by atoms with van der Waals surface area (Å²) in [5, 5.41) is 3.46. The molecular weight excluding hydrogens is 210 g/mol. The van der Waals surface area contributed by atoms with Crippen molar-refractivity contribution < 1.29 is 4.74 Å².